The summed E-state index contributed by atoms with van der Waals surface area (Å²) in [6.07, 6.45) is 3.02. The van der Waals surface area contributed by atoms with Gasteiger partial charge < -0.3 is 9.47 Å². The number of urea groups is 1. The molecule has 30 heavy (non-hydrogen) atoms. The monoisotopic (exact) mass is 406 g/mol. The van der Waals surface area contributed by atoms with Crippen LogP contribution in [-0.2, 0) is 9.59 Å². The van der Waals surface area contributed by atoms with Crippen LogP contribution in [0.1, 0.15) is 16.7 Å². The van der Waals surface area contributed by atoms with Crippen molar-refractivity contribution < 1.29 is 23.9 Å². The smallest absolute Gasteiger partial charge is 0.335 e. The summed E-state index contributed by atoms with van der Waals surface area (Å²) in [5.41, 5.74) is 2.74. The first kappa shape index (κ1) is 20.9. The Labute approximate surface area is 174 Å². The molecule has 0 atom stereocenters. The Morgan fingerprint density at radius 1 is 1.03 bits per heavy atom. The van der Waals surface area contributed by atoms with Crippen LogP contribution in [-0.4, -0.2) is 31.6 Å². The van der Waals surface area contributed by atoms with Crippen molar-refractivity contribution in [3.63, 3.8) is 0 Å². The molecule has 2 aromatic carbocycles. The van der Waals surface area contributed by atoms with E-state index in [9.17, 15) is 14.4 Å². The number of imide groups is 2. The molecule has 0 aliphatic carbocycles. The van der Waals surface area contributed by atoms with Crippen LogP contribution in [0.3, 0.4) is 0 Å². The number of rotatable bonds is 6. The minimum absolute atomic E-state index is 0.158. The van der Waals surface area contributed by atoms with E-state index in [0.29, 0.717) is 29.4 Å². The summed E-state index contributed by atoms with van der Waals surface area (Å²) < 4.78 is 10.8. The third kappa shape index (κ3) is 4.10. The predicted octanol–water partition coefficient (Wildman–Crippen LogP) is 3.54. The molecule has 0 bridgehead atoms. The molecule has 7 heteroatoms. The molecule has 1 N–H and O–H groups in total. The highest BCUT2D eigenvalue weighted by Gasteiger charge is 2.36. The van der Waals surface area contributed by atoms with Crippen LogP contribution >= 0.6 is 0 Å². The highest BCUT2D eigenvalue weighted by Crippen LogP contribution is 2.30. The van der Waals surface area contributed by atoms with Gasteiger partial charge in [0.15, 0.2) is 11.5 Å². The maximum Gasteiger partial charge on any atom is 0.335 e. The van der Waals surface area contributed by atoms with E-state index in [1.165, 1.54) is 13.2 Å². The van der Waals surface area contributed by atoms with E-state index in [2.05, 4.69) is 11.9 Å². The molecule has 1 aliphatic rings. The number of carbonyl (C=O) groups is 3. The summed E-state index contributed by atoms with van der Waals surface area (Å²) in [7, 11) is 1.49. The number of amides is 4. The number of barbiturate groups is 1. The summed E-state index contributed by atoms with van der Waals surface area (Å²) >= 11 is 0. The number of aryl methyl sites for hydroxylation is 2. The van der Waals surface area contributed by atoms with Crippen molar-refractivity contribution in [2.75, 3.05) is 18.6 Å². The van der Waals surface area contributed by atoms with E-state index in [1.54, 1.807) is 36.4 Å². The molecule has 1 heterocycles. The van der Waals surface area contributed by atoms with Gasteiger partial charge in [0.2, 0.25) is 0 Å². The van der Waals surface area contributed by atoms with Crippen molar-refractivity contribution in [3.05, 3.63) is 71.3 Å². The number of ether oxygens (including phenoxy) is 2. The van der Waals surface area contributed by atoms with E-state index >= 15 is 0 Å². The molecule has 2 aromatic rings. The number of hydrogen-bond acceptors (Lipinski definition) is 5. The van der Waals surface area contributed by atoms with Gasteiger partial charge in [-0.25, -0.2) is 9.69 Å². The fourth-order valence-electron chi connectivity index (χ4n) is 2.97. The maximum atomic E-state index is 13.0. The molecule has 3 rings (SSSR count). The Hall–Kier alpha value is -3.87. The van der Waals surface area contributed by atoms with E-state index in [-0.39, 0.29) is 5.57 Å². The number of hydrogen-bond donors (Lipinski definition) is 1. The Morgan fingerprint density at radius 2 is 1.80 bits per heavy atom. The van der Waals surface area contributed by atoms with Crippen molar-refractivity contribution in [1.82, 2.24) is 5.32 Å². The molecular formula is C23H22N2O5. The van der Waals surface area contributed by atoms with Gasteiger partial charge in [0.25, 0.3) is 11.8 Å². The molecule has 4 amide bonds. The number of benzene rings is 2. The van der Waals surface area contributed by atoms with Gasteiger partial charge in [0.05, 0.1) is 12.8 Å². The minimum Gasteiger partial charge on any atom is -0.493 e. The highest BCUT2D eigenvalue weighted by molar-refractivity contribution is 6.39. The standard InChI is InChI=1S/C23H22N2O5/c1-5-10-30-19-9-7-16(13-20(19)29-4)12-18-21(26)24-23(28)25(22(18)27)17-8-6-14(2)15(3)11-17/h5-9,11-13H,1,10H2,2-4H3,(H,24,26,28)/b18-12+. The Bertz CT molecular complexity index is 1070. The SMILES string of the molecule is C=CCOc1ccc(/C=C2\C(=O)NC(=O)N(c3ccc(C)c(C)c3)C2=O)cc1OC. The lowest BCUT2D eigenvalue weighted by Gasteiger charge is -2.26. The van der Waals surface area contributed by atoms with Crippen molar-refractivity contribution in [1.29, 1.82) is 0 Å². The van der Waals surface area contributed by atoms with Crippen LogP contribution in [0.2, 0.25) is 0 Å². The first-order chi connectivity index (χ1) is 14.3. The lowest BCUT2D eigenvalue weighted by atomic mass is 10.0. The van der Waals surface area contributed by atoms with Gasteiger partial charge in [-0.1, -0.05) is 24.8 Å². The second-order valence-electron chi connectivity index (χ2n) is 6.74. The molecule has 0 unspecified atom stereocenters. The largest absolute Gasteiger partial charge is 0.493 e. The summed E-state index contributed by atoms with van der Waals surface area (Å²) in [5.74, 6) is -0.503. The molecule has 0 radical (unpaired) electrons. The molecule has 0 aromatic heterocycles. The first-order valence-electron chi connectivity index (χ1n) is 9.26. The summed E-state index contributed by atoms with van der Waals surface area (Å²) in [4.78, 5) is 38.7. The maximum absolute atomic E-state index is 13.0. The quantitative estimate of drug-likeness (QED) is 0.451. The van der Waals surface area contributed by atoms with Crippen molar-refractivity contribution >= 4 is 29.6 Å². The highest BCUT2D eigenvalue weighted by atomic mass is 16.5. The molecule has 0 saturated carbocycles. The summed E-state index contributed by atoms with van der Waals surface area (Å²) in [6.45, 7) is 7.73. The topological polar surface area (TPSA) is 84.9 Å². The molecule has 154 valence electrons. The van der Waals surface area contributed by atoms with Crippen molar-refractivity contribution in [2.24, 2.45) is 0 Å². The molecule has 7 nitrogen and oxygen atoms in total. The van der Waals surface area contributed by atoms with Crippen LogP contribution in [0.5, 0.6) is 11.5 Å². The second kappa shape index (κ2) is 8.65. The molecule has 0 spiro atoms. The van der Waals surface area contributed by atoms with E-state index in [4.69, 9.17) is 9.47 Å². The number of nitrogens with zero attached hydrogens (tertiary/aromatic N) is 1. The van der Waals surface area contributed by atoms with E-state index in [1.807, 2.05) is 19.9 Å². The van der Waals surface area contributed by atoms with Gasteiger partial charge in [-0.15, -0.1) is 0 Å². The number of anilines is 1. The lowest BCUT2D eigenvalue weighted by Crippen LogP contribution is -2.54. The summed E-state index contributed by atoms with van der Waals surface area (Å²) in [6, 6.07) is 9.44. The molecule has 1 saturated heterocycles. The zero-order chi connectivity index (χ0) is 21.8. The molecular weight excluding hydrogens is 384 g/mol. The Balaban J connectivity index is 1.98. The van der Waals surface area contributed by atoms with Crippen molar-refractivity contribution in [2.45, 2.75) is 13.8 Å². The van der Waals surface area contributed by atoms with Crippen LogP contribution < -0.4 is 19.7 Å². The van der Waals surface area contributed by atoms with Gasteiger partial charge in [-0.05, 0) is 60.9 Å². The van der Waals surface area contributed by atoms with Gasteiger partial charge in [0.1, 0.15) is 12.2 Å². The zero-order valence-corrected chi connectivity index (χ0v) is 17.0. The van der Waals surface area contributed by atoms with Crippen molar-refractivity contribution in [3.8, 4) is 11.5 Å². The first-order valence-corrected chi connectivity index (χ1v) is 9.26. The number of nitrogens with one attached hydrogen (secondary N) is 1. The normalized spacial score (nSPS) is 15.2. The Morgan fingerprint density at radius 3 is 2.47 bits per heavy atom. The fourth-order valence-corrected chi connectivity index (χ4v) is 2.97. The average Bonchev–Trinajstić information content (AvgIpc) is 2.72. The van der Waals surface area contributed by atoms with E-state index in [0.717, 1.165) is 16.0 Å². The zero-order valence-electron chi connectivity index (χ0n) is 17.0. The van der Waals surface area contributed by atoms with Gasteiger partial charge in [0, 0.05) is 0 Å². The fraction of sp³-hybridized carbons (Fsp3) is 0.174. The molecule has 1 aliphatic heterocycles. The summed E-state index contributed by atoms with van der Waals surface area (Å²) in [5, 5.41) is 2.22. The minimum atomic E-state index is -0.781. The molecule has 1 fully saturated rings. The third-order valence-electron chi connectivity index (χ3n) is 4.71. The van der Waals surface area contributed by atoms with Crippen LogP contribution in [0.25, 0.3) is 6.08 Å². The van der Waals surface area contributed by atoms with Gasteiger partial charge >= 0.3 is 6.03 Å². The average molecular weight is 406 g/mol. The van der Waals surface area contributed by atoms with Crippen LogP contribution in [0.4, 0.5) is 10.5 Å². The lowest BCUT2D eigenvalue weighted by molar-refractivity contribution is -0.122. The van der Waals surface area contributed by atoms with Crippen LogP contribution in [0, 0.1) is 13.8 Å². The number of carbonyl (C=O) groups excluding carboxylic acids is 3. The van der Waals surface area contributed by atoms with Gasteiger partial charge in [-0.2, -0.15) is 0 Å². The van der Waals surface area contributed by atoms with E-state index < -0.39 is 17.8 Å². The number of methoxy groups -OCH3 is 1. The van der Waals surface area contributed by atoms with Gasteiger partial charge in [-0.3, -0.25) is 14.9 Å². The second-order valence-corrected chi connectivity index (χ2v) is 6.74. The predicted molar refractivity (Wildman–Crippen MR) is 114 cm³/mol. The Kier molecular flexibility index (Phi) is 6.01. The van der Waals surface area contributed by atoms with Crippen LogP contribution in [0.15, 0.2) is 54.6 Å². The third-order valence-corrected chi connectivity index (χ3v) is 4.71.